The smallest absolute Gasteiger partial charge is 0.345 e. The molecule has 0 radical (unpaired) electrons. The number of carbonyl (C=O) groups is 2. The Morgan fingerprint density at radius 2 is 1.68 bits per heavy atom. The molecule has 2 aromatic rings. The van der Waals surface area contributed by atoms with Gasteiger partial charge in [0, 0.05) is 11.6 Å². The third-order valence-corrected chi connectivity index (χ3v) is 4.59. The van der Waals surface area contributed by atoms with Gasteiger partial charge >= 0.3 is 5.97 Å². The van der Waals surface area contributed by atoms with Gasteiger partial charge in [0.2, 0.25) is 6.10 Å². The maximum atomic E-state index is 12.5. The van der Waals surface area contributed by atoms with Crippen LogP contribution < -0.4 is 10.1 Å². The second-order valence-corrected chi connectivity index (χ2v) is 8.13. The van der Waals surface area contributed by atoms with Gasteiger partial charge in [0.25, 0.3) is 5.91 Å². The van der Waals surface area contributed by atoms with E-state index in [1.54, 1.807) is 12.1 Å². The molecule has 2 aromatic carbocycles. The van der Waals surface area contributed by atoms with Crippen LogP contribution in [0.4, 0.5) is 0 Å². The van der Waals surface area contributed by atoms with Gasteiger partial charge in [-0.25, -0.2) is 4.79 Å². The maximum Gasteiger partial charge on any atom is 0.345 e. The Labute approximate surface area is 166 Å². The van der Waals surface area contributed by atoms with Crippen molar-refractivity contribution in [1.29, 1.82) is 0 Å². The fourth-order valence-electron chi connectivity index (χ4n) is 2.76. The molecule has 0 aliphatic heterocycles. The highest BCUT2D eigenvalue weighted by molar-refractivity contribution is 5.85. The highest BCUT2D eigenvalue weighted by atomic mass is 16.6. The van der Waals surface area contributed by atoms with Crippen LogP contribution in [-0.2, 0) is 19.7 Å². The van der Waals surface area contributed by atoms with Crippen LogP contribution in [-0.4, -0.2) is 24.5 Å². The summed E-state index contributed by atoms with van der Waals surface area (Å²) in [4.78, 5) is 24.8. The third-order valence-electron chi connectivity index (χ3n) is 4.59. The highest BCUT2D eigenvalue weighted by Crippen LogP contribution is 2.25. The molecular formula is C23H27NO4. The van der Waals surface area contributed by atoms with Crippen LogP contribution >= 0.6 is 0 Å². The van der Waals surface area contributed by atoms with E-state index in [1.165, 1.54) is 5.56 Å². The predicted molar refractivity (Wildman–Crippen MR) is 107 cm³/mol. The van der Waals surface area contributed by atoms with E-state index in [0.717, 1.165) is 12.8 Å². The lowest BCUT2D eigenvalue weighted by Gasteiger charge is -2.19. The summed E-state index contributed by atoms with van der Waals surface area (Å²) in [6, 6.07) is 16.9. The highest BCUT2D eigenvalue weighted by Gasteiger charge is 2.30. The van der Waals surface area contributed by atoms with Crippen LogP contribution in [0.2, 0.25) is 0 Å². The van der Waals surface area contributed by atoms with Crippen molar-refractivity contribution in [2.24, 2.45) is 0 Å². The summed E-state index contributed by atoms with van der Waals surface area (Å²) in [6.45, 7) is 6.15. The summed E-state index contributed by atoms with van der Waals surface area (Å²) in [6.07, 6.45) is 0.963. The number of amides is 1. The fraction of sp³-hybridized carbons (Fsp3) is 0.391. The van der Waals surface area contributed by atoms with Gasteiger partial charge in [0.1, 0.15) is 5.75 Å². The molecule has 148 valence electrons. The Balaban J connectivity index is 1.59. The minimum atomic E-state index is -0.971. The van der Waals surface area contributed by atoms with Gasteiger partial charge in [0.15, 0.2) is 6.61 Å². The minimum Gasteiger partial charge on any atom is -0.482 e. The van der Waals surface area contributed by atoms with Crippen molar-refractivity contribution in [1.82, 2.24) is 5.32 Å². The van der Waals surface area contributed by atoms with E-state index in [9.17, 15) is 9.59 Å². The van der Waals surface area contributed by atoms with Gasteiger partial charge in [-0.15, -0.1) is 0 Å². The molecule has 5 nitrogen and oxygen atoms in total. The lowest BCUT2D eigenvalue weighted by atomic mass is 9.87. The van der Waals surface area contributed by atoms with E-state index in [4.69, 9.17) is 9.47 Å². The molecule has 3 rings (SSSR count). The number of nitrogens with one attached hydrogen (secondary N) is 1. The predicted octanol–water partition coefficient (Wildman–Crippen LogP) is 3.93. The second-order valence-electron chi connectivity index (χ2n) is 8.13. The van der Waals surface area contributed by atoms with Gasteiger partial charge < -0.3 is 14.8 Å². The number of ether oxygens (including phenoxy) is 2. The first kappa shape index (κ1) is 19.9. The monoisotopic (exact) mass is 381 g/mol. The fourth-order valence-corrected chi connectivity index (χ4v) is 2.76. The molecule has 1 saturated carbocycles. The van der Waals surface area contributed by atoms with Gasteiger partial charge in [-0.1, -0.05) is 63.2 Å². The zero-order valence-corrected chi connectivity index (χ0v) is 16.6. The van der Waals surface area contributed by atoms with E-state index >= 15 is 0 Å². The van der Waals surface area contributed by atoms with Crippen LogP contribution in [0.1, 0.15) is 50.8 Å². The van der Waals surface area contributed by atoms with Gasteiger partial charge in [-0.2, -0.15) is 0 Å². The van der Waals surface area contributed by atoms with E-state index in [0.29, 0.717) is 11.3 Å². The largest absolute Gasteiger partial charge is 0.482 e. The Morgan fingerprint density at radius 1 is 1.04 bits per heavy atom. The molecule has 1 amide bonds. The quantitative estimate of drug-likeness (QED) is 0.738. The third kappa shape index (κ3) is 5.59. The molecule has 0 saturated heterocycles. The normalized spacial score (nSPS) is 14.8. The van der Waals surface area contributed by atoms with Crippen LogP contribution in [0, 0.1) is 0 Å². The Morgan fingerprint density at radius 3 is 2.25 bits per heavy atom. The zero-order valence-electron chi connectivity index (χ0n) is 16.6. The molecule has 1 aliphatic carbocycles. The molecule has 1 aliphatic rings. The number of benzene rings is 2. The van der Waals surface area contributed by atoms with Crippen molar-refractivity contribution in [3.8, 4) is 5.75 Å². The number of rotatable bonds is 7. The number of carbonyl (C=O) groups excluding carboxylic acids is 2. The molecule has 1 atom stereocenters. The van der Waals surface area contributed by atoms with Crippen LogP contribution in [0.15, 0.2) is 54.6 Å². The van der Waals surface area contributed by atoms with Gasteiger partial charge in [-0.05, 0) is 36.0 Å². The lowest BCUT2D eigenvalue weighted by molar-refractivity contribution is -0.158. The van der Waals surface area contributed by atoms with Crippen molar-refractivity contribution in [3.63, 3.8) is 0 Å². The van der Waals surface area contributed by atoms with Gasteiger partial charge in [0.05, 0.1) is 0 Å². The molecule has 28 heavy (non-hydrogen) atoms. The summed E-state index contributed by atoms with van der Waals surface area (Å²) >= 11 is 0. The van der Waals surface area contributed by atoms with Crippen molar-refractivity contribution in [3.05, 3.63) is 65.7 Å². The summed E-state index contributed by atoms with van der Waals surface area (Å²) in [5.41, 5.74) is 1.88. The van der Waals surface area contributed by atoms with Gasteiger partial charge in [-0.3, -0.25) is 4.79 Å². The van der Waals surface area contributed by atoms with Crippen molar-refractivity contribution >= 4 is 11.9 Å². The number of hydrogen-bond donors (Lipinski definition) is 1. The van der Waals surface area contributed by atoms with E-state index < -0.39 is 12.1 Å². The van der Waals surface area contributed by atoms with Crippen molar-refractivity contribution in [2.75, 3.05) is 6.61 Å². The SMILES string of the molecule is CC(C)(C)c1ccc(OCC(=O)O[C@H](C(=O)NC2CC2)c2ccccc2)cc1. The molecule has 0 spiro atoms. The summed E-state index contributed by atoms with van der Waals surface area (Å²) in [7, 11) is 0. The maximum absolute atomic E-state index is 12.5. The lowest BCUT2D eigenvalue weighted by Crippen LogP contribution is -2.34. The van der Waals surface area contributed by atoms with Crippen molar-refractivity contribution < 1.29 is 19.1 Å². The topological polar surface area (TPSA) is 64.6 Å². The summed E-state index contributed by atoms with van der Waals surface area (Å²) in [5, 5.41) is 2.89. The van der Waals surface area contributed by atoms with E-state index in [2.05, 4.69) is 26.1 Å². The number of esters is 1. The first-order valence-corrected chi connectivity index (χ1v) is 9.61. The van der Waals surface area contributed by atoms with Crippen LogP contribution in [0.25, 0.3) is 0 Å². The minimum absolute atomic E-state index is 0.0509. The standard InChI is InChI=1S/C23H27NO4/c1-23(2,3)17-9-13-19(14-10-17)27-15-20(25)28-21(16-7-5-4-6-8-16)22(26)24-18-11-12-18/h4-10,13-14,18,21H,11-12,15H2,1-3H3,(H,24,26)/t21-/m0/s1. The molecule has 5 heteroatoms. The first-order valence-electron chi connectivity index (χ1n) is 9.61. The summed E-state index contributed by atoms with van der Waals surface area (Å²) in [5.74, 6) is -0.292. The molecule has 1 N–H and O–H groups in total. The number of hydrogen-bond acceptors (Lipinski definition) is 4. The first-order chi connectivity index (χ1) is 13.3. The molecule has 1 fully saturated rings. The molecule has 0 heterocycles. The average molecular weight is 381 g/mol. The molecule has 0 bridgehead atoms. The van der Waals surface area contributed by atoms with E-state index in [-0.39, 0.29) is 24.0 Å². The molecular weight excluding hydrogens is 354 g/mol. The Kier molecular flexibility index (Phi) is 6.02. The van der Waals surface area contributed by atoms with Crippen LogP contribution in [0.5, 0.6) is 5.75 Å². The van der Waals surface area contributed by atoms with E-state index in [1.807, 2.05) is 42.5 Å². The molecule has 0 unspecified atom stereocenters. The average Bonchev–Trinajstić information content (AvgIpc) is 3.48. The van der Waals surface area contributed by atoms with Crippen molar-refractivity contribution in [2.45, 2.75) is 51.2 Å². The second kappa shape index (κ2) is 8.46. The Hall–Kier alpha value is -2.82. The van der Waals surface area contributed by atoms with Crippen LogP contribution in [0.3, 0.4) is 0 Å². The zero-order chi connectivity index (χ0) is 20.1. The Bertz CT molecular complexity index is 805. The molecule has 0 aromatic heterocycles. The summed E-state index contributed by atoms with van der Waals surface area (Å²) < 4.78 is 11.0.